The first-order valence-corrected chi connectivity index (χ1v) is 10.2. The van der Waals surface area contributed by atoms with Crippen LogP contribution < -0.4 is 0 Å². The summed E-state index contributed by atoms with van der Waals surface area (Å²) >= 11 is 0. The molecule has 0 radical (unpaired) electrons. The molecule has 8 nitrogen and oxygen atoms in total. The molecule has 1 saturated heterocycles. The van der Waals surface area contributed by atoms with Crippen molar-refractivity contribution in [3.63, 3.8) is 0 Å². The van der Waals surface area contributed by atoms with Crippen molar-refractivity contribution in [2.24, 2.45) is 0 Å². The minimum Gasteiger partial charge on any atom is -0.377 e. The van der Waals surface area contributed by atoms with Crippen LogP contribution in [0, 0.1) is 0 Å². The summed E-state index contributed by atoms with van der Waals surface area (Å²) in [5, 5.41) is 12.7. The molecule has 3 heterocycles. The van der Waals surface area contributed by atoms with Crippen LogP contribution in [0.2, 0.25) is 0 Å². The van der Waals surface area contributed by atoms with E-state index < -0.39 is 0 Å². The molecule has 156 valence electrons. The highest BCUT2D eigenvalue weighted by molar-refractivity contribution is 5.98. The lowest BCUT2D eigenvalue weighted by Gasteiger charge is -2.36. The molecule has 8 heteroatoms. The summed E-state index contributed by atoms with van der Waals surface area (Å²) in [5.41, 5.74) is 3.37. The van der Waals surface area contributed by atoms with E-state index in [1.807, 2.05) is 58.2 Å². The van der Waals surface area contributed by atoms with Gasteiger partial charge in [0.05, 0.1) is 48.6 Å². The van der Waals surface area contributed by atoms with Crippen molar-refractivity contribution >= 4 is 5.91 Å². The molecular formula is C23H22N6O2. The number of rotatable bonds is 5. The van der Waals surface area contributed by atoms with E-state index in [0.717, 1.165) is 11.3 Å². The molecule has 1 aliphatic rings. The molecular weight excluding hydrogens is 392 g/mol. The van der Waals surface area contributed by atoms with Gasteiger partial charge in [-0.2, -0.15) is 20.1 Å². The summed E-state index contributed by atoms with van der Waals surface area (Å²) in [7, 11) is 0. The van der Waals surface area contributed by atoms with Gasteiger partial charge in [-0.1, -0.05) is 24.3 Å². The Morgan fingerprint density at radius 3 is 2.71 bits per heavy atom. The molecule has 2 aromatic heterocycles. The Bertz CT molecular complexity index is 1160. The van der Waals surface area contributed by atoms with Gasteiger partial charge in [-0.05, 0) is 42.3 Å². The number of carbonyl (C=O) groups is 1. The summed E-state index contributed by atoms with van der Waals surface area (Å²) in [4.78, 5) is 16.9. The Kier molecular flexibility index (Phi) is 5.28. The minimum absolute atomic E-state index is 0.0376. The summed E-state index contributed by atoms with van der Waals surface area (Å²) in [6, 6.07) is 17.5. The molecule has 5 rings (SSSR count). The van der Waals surface area contributed by atoms with Crippen LogP contribution in [0.15, 0.2) is 79.4 Å². The second-order valence-corrected chi connectivity index (χ2v) is 7.39. The minimum atomic E-state index is -0.0623. The maximum atomic E-state index is 13.6. The lowest BCUT2D eigenvalue weighted by Crippen LogP contribution is -2.50. The largest absolute Gasteiger partial charge is 0.377 e. The average molecular weight is 414 g/mol. The number of morpholine rings is 1. The molecule has 1 aliphatic heterocycles. The second-order valence-electron chi connectivity index (χ2n) is 7.39. The van der Waals surface area contributed by atoms with Gasteiger partial charge in [-0.25, -0.2) is 4.68 Å². The van der Waals surface area contributed by atoms with Gasteiger partial charge in [0.1, 0.15) is 0 Å². The van der Waals surface area contributed by atoms with E-state index in [1.165, 1.54) is 4.80 Å². The van der Waals surface area contributed by atoms with Crippen molar-refractivity contribution in [1.29, 1.82) is 0 Å². The van der Waals surface area contributed by atoms with Gasteiger partial charge in [-0.15, -0.1) is 0 Å². The number of ether oxygens (including phenoxy) is 1. The molecule has 0 bridgehead atoms. The van der Waals surface area contributed by atoms with Crippen LogP contribution >= 0.6 is 0 Å². The van der Waals surface area contributed by atoms with Crippen molar-refractivity contribution in [3.05, 3.63) is 90.5 Å². The molecule has 2 aromatic carbocycles. The zero-order valence-electron chi connectivity index (χ0n) is 16.9. The molecule has 0 N–H and O–H groups in total. The Hall–Kier alpha value is -3.78. The van der Waals surface area contributed by atoms with Gasteiger partial charge in [0, 0.05) is 18.9 Å². The molecule has 1 atom stereocenters. The quantitative estimate of drug-likeness (QED) is 0.502. The summed E-state index contributed by atoms with van der Waals surface area (Å²) in [6.07, 6.45) is 7.58. The van der Waals surface area contributed by atoms with E-state index in [1.54, 1.807) is 18.6 Å². The molecule has 4 aromatic rings. The summed E-state index contributed by atoms with van der Waals surface area (Å²) in [5.74, 6) is -0.0376. The second kappa shape index (κ2) is 8.53. The zero-order chi connectivity index (χ0) is 21.0. The van der Waals surface area contributed by atoms with Crippen LogP contribution in [0.5, 0.6) is 0 Å². The standard InChI is InChI=1S/C23H22N6O2/c30-23(21-7-1-2-8-22(21)29-25-10-11-26-29)27-13-14-31-17-20(27)16-18-5-3-6-19(15-18)28-12-4-9-24-28/h1-12,15,20H,13-14,16-17H2/t20-/m1/s1. The van der Waals surface area contributed by atoms with Crippen LogP contribution in [-0.2, 0) is 11.2 Å². The number of amides is 1. The SMILES string of the molecule is O=C(c1ccccc1-n1nccn1)N1CCOC[C@H]1Cc1cccc(-n2cccn2)c1. The first-order chi connectivity index (χ1) is 15.3. The number of aromatic nitrogens is 5. The van der Waals surface area contributed by atoms with Crippen molar-refractivity contribution in [2.45, 2.75) is 12.5 Å². The number of hydrogen-bond donors (Lipinski definition) is 0. The van der Waals surface area contributed by atoms with Gasteiger partial charge in [-0.3, -0.25) is 4.79 Å². The summed E-state index contributed by atoms with van der Waals surface area (Å²) in [6.45, 7) is 1.57. The van der Waals surface area contributed by atoms with E-state index >= 15 is 0 Å². The Morgan fingerprint density at radius 2 is 1.87 bits per heavy atom. The van der Waals surface area contributed by atoms with Gasteiger partial charge in [0.15, 0.2) is 0 Å². The van der Waals surface area contributed by atoms with Crippen molar-refractivity contribution in [2.75, 3.05) is 19.8 Å². The first kappa shape index (κ1) is 19.2. The van der Waals surface area contributed by atoms with E-state index in [-0.39, 0.29) is 11.9 Å². The molecule has 0 unspecified atom stereocenters. The Balaban J connectivity index is 1.41. The highest BCUT2D eigenvalue weighted by Crippen LogP contribution is 2.21. The van der Waals surface area contributed by atoms with Gasteiger partial charge in [0.2, 0.25) is 0 Å². The highest BCUT2D eigenvalue weighted by Gasteiger charge is 2.30. The third kappa shape index (κ3) is 3.97. The number of para-hydroxylation sites is 1. The maximum absolute atomic E-state index is 13.6. The average Bonchev–Trinajstić information content (AvgIpc) is 3.54. The van der Waals surface area contributed by atoms with E-state index in [9.17, 15) is 4.79 Å². The normalized spacial score (nSPS) is 16.4. The molecule has 1 fully saturated rings. The van der Waals surface area contributed by atoms with Crippen LogP contribution in [-0.4, -0.2) is 61.4 Å². The van der Waals surface area contributed by atoms with E-state index in [2.05, 4.69) is 27.4 Å². The predicted molar refractivity (Wildman–Crippen MR) is 114 cm³/mol. The number of carbonyl (C=O) groups excluding carboxylic acids is 1. The third-order valence-electron chi connectivity index (χ3n) is 5.41. The van der Waals surface area contributed by atoms with Crippen molar-refractivity contribution in [3.8, 4) is 11.4 Å². The molecule has 0 saturated carbocycles. The fourth-order valence-corrected chi connectivity index (χ4v) is 3.93. The monoisotopic (exact) mass is 414 g/mol. The van der Waals surface area contributed by atoms with Crippen LogP contribution in [0.4, 0.5) is 0 Å². The molecule has 0 spiro atoms. The Labute approximate surface area is 179 Å². The van der Waals surface area contributed by atoms with Crippen LogP contribution in [0.25, 0.3) is 11.4 Å². The topological polar surface area (TPSA) is 78.1 Å². The number of hydrogen-bond acceptors (Lipinski definition) is 5. The zero-order valence-corrected chi connectivity index (χ0v) is 16.9. The van der Waals surface area contributed by atoms with Crippen LogP contribution in [0.1, 0.15) is 15.9 Å². The van der Waals surface area contributed by atoms with Crippen molar-refractivity contribution in [1.82, 2.24) is 29.7 Å². The maximum Gasteiger partial charge on any atom is 0.256 e. The molecule has 0 aliphatic carbocycles. The van der Waals surface area contributed by atoms with Gasteiger partial charge < -0.3 is 9.64 Å². The fraction of sp³-hybridized carbons (Fsp3) is 0.217. The highest BCUT2D eigenvalue weighted by atomic mass is 16.5. The van der Waals surface area contributed by atoms with E-state index in [4.69, 9.17) is 4.74 Å². The Morgan fingerprint density at radius 1 is 1.00 bits per heavy atom. The van der Waals surface area contributed by atoms with E-state index in [0.29, 0.717) is 37.4 Å². The smallest absolute Gasteiger partial charge is 0.256 e. The lowest BCUT2D eigenvalue weighted by molar-refractivity contribution is -0.00165. The fourth-order valence-electron chi connectivity index (χ4n) is 3.93. The third-order valence-corrected chi connectivity index (χ3v) is 5.41. The number of nitrogens with zero attached hydrogens (tertiary/aromatic N) is 6. The first-order valence-electron chi connectivity index (χ1n) is 10.2. The molecule has 1 amide bonds. The molecule has 31 heavy (non-hydrogen) atoms. The number of benzene rings is 2. The van der Waals surface area contributed by atoms with Crippen LogP contribution in [0.3, 0.4) is 0 Å². The van der Waals surface area contributed by atoms with Gasteiger partial charge >= 0.3 is 0 Å². The summed E-state index contributed by atoms with van der Waals surface area (Å²) < 4.78 is 7.56. The van der Waals surface area contributed by atoms with Gasteiger partial charge in [0.25, 0.3) is 5.91 Å². The van der Waals surface area contributed by atoms with Crippen molar-refractivity contribution < 1.29 is 9.53 Å². The predicted octanol–water partition coefficient (Wildman–Crippen LogP) is 2.54. The lowest BCUT2D eigenvalue weighted by atomic mass is 10.0.